The van der Waals surface area contributed by atoms with E-state index in [0.29, 0.717) is 35.7 Å². The van der Waals surface area contributed by atoms with Gasteiger partial charge in [0.2, 0.25) is 0 Å². The minimum Gasteiger partial charge on any atom is -0.381 e. The molecule has 12 aliphatic rings. The van der Waals surface area contributed by atoms with E-state index in [0.717, 1.165) is 162 Å². The number of nitrogens with zero attached hydrogens (tertiary/aromatic N) is 3. The summed E-state index contributed by atoms with van der Waals surface area (Å²) in [7, 11) is 0. The average Bonchev–Trinajstić information content (AvgIpc) is 1.53. The normalized spacial score (nSPS) is 19.9. The van der Waals surface area contributed by atoms with Crippen molar-refractivity contribution < 1.29 is 9.47 Å². The van der Waals surface area contributed by atoms with Crippen LogP contribution in [-0.2, 0) is 9.47 Å². The fraction of sp³-hybridized carbons (Fsp3) is 0.774. The van der Waals surface area contributed by atoms with E-state index in [9.17, 15) is 0 Å². The molecule has 7 nitrogen and oxygen atoms in total. The van der Waals surface area contributed by atoms with E-state index in [4.69, 9.17) is 9.47 Å². The summed E-state index contributed by atoms with van der Waals surface area (Å²) in [5.74, 6) is 24.2. The molecule has 18 rings (SSSR count). The van der Waals surface area contributed by atoms with Crippen molar-refractivity contribution in [3.05, 3.63) is 174 Å². The third-order valence-electron chi connectivity index (χ3n) is 33.4. The third kappa shape index (κ3) is 66.8. The quantitative estimate of drug-likeness (QED) is 0.0942. The van der Waals surface area contributed by atoms with Crippen LogP contribution in [0.3, 0.4) is 0 Å². The van der Waals surface area contributed by atoms with Crippen molar-refractivity contribution in [1.82, 2.24) is 25.6 Å². The third-order valence-corrected chi connectivity index (χ3v) is 33.4. The molecule has 0 radical (unpaired) electrons. The van der Waals surface area contributed by atoms with E-state index >= 15 is 0 Å². The Balaban J connectivity index is 0.000000766. The molecule has 0 bridgehead atoms. The van der Waals surface area contributed by atoms with Gasteiger partial charge in [-0.1, -0.05) is 508 Å². The number of aromatic nitrogens is 3. The Morgan fingerprint density at radius 3 is 0.861 bits per heavy atom. The molecule has 4 atom stereocenters. The zero-order chi connectivity index (χ0) is 106. The van der Waals surface area contributed by atoms with Crippen LogP contribution in [0.4, 0.5) is 0 Å². The van der Waals surface area contributed by atoms with Crippen LogP contribution < -0.4 is 10.6 Å². The van der Waals surface area contributed by atoms with Gasteiger partial charge < -0.3 is 20.1 Å². The Morgan fingerprint density at radius 2 is 0.632 bits per heavy atom. The topological polar surface area (TPSA) is 81.2 Å². The Hall–Kier alpha value is -4.79. The van der Waals surface area contributed by atoms with Crippen LogP contribution in [0.15, 0.2) is 146 Å². The Kier molecular flexibility index (Phi) is 79.9. The summed E-state index contributed by atoms with van der Waals surface area (Å²) >= 11 is 0. The van der Waals surface area contributed by atoms with Gasteiger partial charge in [-0.05, 0) is 294 Å². The van der Waals surface area contributed by atoms with Gasteiger partial charge in [0.25, 0.3) is 0 Å². The highest BCUT2D eigenvalue weighted by Crippen LogP contribution is 2.39. The van der Waals surface area contributed by atoms with Crippen molar-refractivity contribution in [2.45, 2.75) is 516 Å². The number of rotatable bonds is 17. The molecule has 0 amide bonds. The highest BCUT2D eigenvalue weighted by atomic mass is 16.5. The molecule has 7 heterocycles. The monoisotopic (exact) mass is 1990 g/mol. The van der Waals surface area contributed by atoms with Gasteiger partial charge in [-0.25, -0.2) is 0 Å². The van der Waals surface area contributed by atoms with Crippen molar-refractivity contribution in [2.24, 2.45) is 130 Å². The lowest BCUT2D eigenvalue weighted by atomic mass is 9.78. The largest absolute Gasteiger partial charge is 0.381 e. The zero-order valence-electron chi connectivity index (χ0n) is 101. The van der Waals surface area contributed by atoms with E-state index in [1.54, 1.807) is 6.20 Å². The van der Waals surface area contributed by atoms with Crippen LogP contribution in [0.2, 0.25) is 0 Å². The summed E-state index contributed by atoms with van der Waals surface area (Å²) in [5, 5.41) is 9.48. The van der Waals surface area contributed by atoms with Crippen molar-refractivity contribution in [1.29, 1.82) is 0 Å². The number of pyridine rings is 3. The van der Waals surface area contributed by atoms with Crippen LogP contribution in [0.5, 0.6) is 0 Å². The van der Waals surface area contributed by atoms with Gasteiger partial charge in [0, 0.05) is 62.5 Å². The fourth-order valence-corrected chi connectivity index (χ4v) is 20.4. The second kappa shape index (κ2) is 83.8. The van der Waals surface area contributed by atoms with Gasteiger partial charge in [0.1, 0.15) is 0 Å². The maximum atomic E-state index is 5.41. The molecule has 12 fully saturated rings. The number of ether oxygens (including phenoxy) is 2. The molecule has 7 heteroatoms. The van der Waals surface area contributed by atoms with Crippen LogP contribution in [-0.4, -0.2) is 66.6 Å². The summed E-state index contributed by atoms with van der Waals surface area (Å²) in [4.78, 5) is 12.1. The van der Waals surface area contributed by atoms with Crippen molar-refractivity contribution in [2.75, 3.05) is 39.5 Å². The molecule has 8 saturated carbocycles. The van der Waals surface area contributed by atoms with Gasteiger partial charge in [-0.15, -0.1) is 0 Å². The van der Waals surface area contributed by atoms with E-state index in [2.05, 4.69) is 334 Å². The number of hydrogen-bond donors (Lipinski definition) is 2. The fourth-order valence-electron chi connectivity index (χ4n) is 20.4. The lowest BCUT2D eigenvalue weighted by Crippen LogP contribution is -2.26. The second-order valence-corrected chi connectivity index (χ2v) is 50.8. The highest BCUT2D eigenvalue weighted by Gasteiger charge is 2.27. The molecule has 6 aromatic rings. The van der Waals surface area contributed by atoms with Crippen LogP contribution in [0.25, 0.3) is 10.8 Å². The summed E-state index contributed by atoms with van der Waals surface area (Å²) in [6.45, 7) is 84.0. The first-order chi connectivity index (χ1) is 68.1. The summed E-state index contributed by atoms with van der Waals surface area (Å²) in [6.07, 6.45) is 62.5. The molecule has 830 valence electrons. The number of nitrogens with one attached hydrogen (secondary N) is 2. The maximum Gasteiger partial charge on any atom is 0.0598 e. The standard InChI is InChI=1S/C13H14.3C9H18.C9H12.3C8H11N.C8H16.2C7H15N.2C7H14O.3C7H14.C6H12.CH4/c1-10(2)12-8-7-11-5-3-4-6-13(11)9-12;4*1-8(2)9-6-4-3-5-7-9;1-7(2)8-3-5-9-6-4-8;1-7(2)8-4-3-5-9-6-8;1-7(2)8-5-3-4-6-9-8;1-7(2)8-5-3-4-6-8;1-6(2)7-3-4-8-5-7;1-6(2)7-4-3-5-8-7;1-6(2)7-3-4-8-5-7;1-6(2)7-4-3-5-8-7;3*1-6(2)7-4-3-5-7;1-5(2)6-3-4-6;/h3-10H,1-2H3;3*8-9H,3-7H2,1-2H3;3-8H,1-2H3;3*3-7H,1-2H3;7-8H,3-6H2,1-2H3;2*6-8H,3-5H2,1-2H3;2*6-7H,3-5H2,1-2H3;3*6-7H,3-5H2,1-2H3;5-6H,3-4H2,1-2H3;1H4. The minimum atomic E-state index is 0. The van der Waals surface area contributed by atoms with E-state index in [-0.39, 0.29) is 7.43 Å². The molecule has 3 aromatic heterocycles. The van der Waals surface area contributed by atoms with Gasteiger partial charge in [-0.3, -0.25) is 15.0 Å². The molecule has 0 spiro atoms. The average molecular weight is 1990 g/mol. The molecule has 4 aliphatic heterocycles. The Bertz CT molecular complexity index is 3340. The molecule has 8 aliphatic carbocycles. The van der Waals surface area contributed by atoms with E-state index in [1.807, 2.05) is 67.3 Å². The number of hydrogen-bond acceptors (Lipinski definition) is 7. The first-order valence-electron chi connectivity index (χ1n) is 61.0. The SMILES string of the molecule is C.CC(C)C1CC1.CC(C)C1CCC1.CC(C)C1CCC1.CC(C)C1CCC1.CC(C)C1CCCC1.CC(C)C1CCCCC1.CC(C)C1CCCCC1.CC(C)C1CCCCC1.CC(C)C1CCCN1.CC(C)C1CCCO1.CC(C)C1CCNC1.CC(C)C1CCOC1.CC(C)c1ccc2ccccc2c1.CC(C)c1ccccc1.CC(C)c1ccccn1.CC(C)c1cccnc1.CC(C)c1ccncc1. The van der Waals surface area contributed by atoms with Crippen molar-refractivity contribution >= 4 is 10.8 Å². The minimum absolute atomic E-state index is 0. The molecule has 4 unspecified atom stereocenters. The van der Waals surface area contributed by atoms with Gasteiger partial charge in [0.05, 0.1) is 6.10 Å². The first-order valence-corrected chi connectivity index (χ1v) is 61.0. The predicted octanol–water partition coefficient (Wildman–Crippen LogP) is 42.1. The van der Waals surface area contributed by atoms with Crippen molar-refractivity contribution in [3.8, 4) is 0 Å². The van der Waals surface area contributed by atoms with Gasteiger partial charge in [0.15, 0.2) is 0 Å². The first kappa shape index (κ1) is 137. The zero-order valence-corrected chi connectivity index (χ0v) is 101. The smallest absolute Gasteiger partial charge is 0.0598 e. The lowest BCUT2D eigenvalue weighted by molar-refractivity contribution is 0.0758. The molecule has 3 aromatic carbocycles. The predicted molar refractivity (Wildman–Crippen MR) is 645 cm³/mol. The van der Waals surface area contributed by atoms with Gasteiger partial charge in [-0.2, -0.15) is 0 Å². The van der Waals surface area contributed by atoms with Gasteiger partial charge >= 0.3 is 0 Å². The number of fused-ring (bicyclic) bond motifs is 1. The maximum absolute atomic E-state index is 5.41. The van der Waals surface area contributed by atoms with Crippen LogP contribution in [0, 0.1) is 130 Å². The molecular formula is C137H245N5O2. The number of benzene rings is 3. The summed E-state index contributed by atoms with van der Waals surface area (Å²) in [6, 6.07) is 40.7. The molecule has 144 heavy (non-hydrogen) atoms. The van der Waals surface area contributed by atoms with Crippen molar-refractivity contribution in [3.63, 3.8) is 0 Å². The second-order valence-electron chi connectivity index (χ2n) is 50.8. The lowest BCUT2D eigenvalue weighted by Gasteiger charge is -2.28. The summed E-state index contributed by atoms with van der Waals surface area (Å²) in [5.41, 5.74) is 6.65. The van der Waals surface area contributed by atoms with Crippen LogP contribution in [0.1, 0.15) is 532 Å². The Labute approximate surface area is 899 Å². The van der Waals surface area contributed by atoms with E-state index < -0.39 is 0 Å². The molecular weight excluding hydrogens is 1750 g/mol. The molecule has 4 saturated heterocycles. The Morgan fingerprint density at radius 1 is 0.250 bits per heavy atom. The van der Waals surface area contributed by atoms with Crippen LogP contribution >= 0.6 is 0 Å². The van der Waals surface area contributed by atoms with E-state index in [1.165, 1.54) is 284 Å². The summed E-state index contributed by atoms with van der Waals surface area (Å²) < 4.78 is 10.6. The highest BCUT2D eigenvalue weighted by molar-refractivity contribution is 5.83. The molecule has 2 N–H and O–H groups in total.